The summed E-state index contributed by atoms with van der Waals surface area (Å²) >= 11 is 6.13. The number of nitrogens with zero attached hydrogens (tertiary/aromatic N) is 1. The first-order chi connectivity index (χ1) is 11.3. The number of hydrogen-bond acceptors (Lipinski definition) is 4. The Morgan fingerprint density at radius 2 is 1.79 bits per heavy atom. The molecular formula is C18H27ClN2O3. The number of carbonyl (C=O) groups is 1. The van der Waals surface area contributed by atoms with Crippen LogP contribution in [0.25, 0.3) is 0 Å². The summed E-state index contributed by atoms with van der Waals surface area (Å²) in [4.78, 5) is 14.7. The second kappa shape index (κ2) is 7.97. The van der Waals surface area contributed by atoms with Crippen LogP contribution < -0.4 is 14.8 Å². The molecule has 0 spiro atoms. The van der Waals surface area contributed by atoms with E-state index < -0.39 is 0 Å². The molecule has 1 heterocycles. The Morgan fingerprint density at radius 1 is 1.21 bits per heavy atom. The number of rotatable bonds is 5. The fraction of sp³-hybridized carbons (Fsp3) is 0.611. The van der Waals surface area contributed by atoms with E-state index in [1.807, 2.05) is 11.8 Å². The van der Waals surface area contributed by atoms with Crippen molar-refractivity contribution < 1.29 is 14.3 Å². The summed E-state index contributed by atoms with van der Waals surface area (Å²) < 4.78 is 10.6. The van der Waals surface area contributed by atoms with E-state index in [-0.39, 0.29) is 11.9 Å². The van der Waals surface area contributed by atoms with Gasteiger partial charge in [0.15, 0.2) is 0 Å². The molecule has 0 aromatic heterocycles. The molecule has 1 aromatic rings. The molecule has 3 atom stereocenters. The third kappa shape index (κ3) is 4.26. The molecule has 1 fully saturated rings. The van der Waals surface area contributed by atoms with E-state index in [1.165, 1.54) is 6.42 Å². The van der Waals surface area contributed by atoms with Gasteiger partial charge in [0.2, 0.25) is 5.91 Å². The van der Waals surface area contributed by atoms with Gasteiger partial charge in [0.05, 0.1) is 24.9 Å². The van der Waals surface area contributed by atoms with Crippen LogP contribution in [0.5, 0.6) is 11.5 Å². The van der Waals surface area contributed by atoms with Gasteiger partial charge < -0.3 is 19.7 Å². The van der Waals surface area contributed by atoms with E-state index in [0.29, 0.717) is 34.0 Å². The summed E-state index contributed by atoms with van der Waals surface area (Å²) in [6.07, 6.45) is 1.17. The van der Waals surface area contributed by atoms with Gasteiger partial charge in [0.1, 0.15) is 17.5 Å². The molecule has 5 nitrogen and oxygen atoms in total. The van der Waals surface area contributed by atoms with Crippen molar-refractivity contribution >= 4 is 23.2 Å². The smallest absolute Gasteiger partial charge is 0.244 e. The van der Waals surface area contributed by atoms with Gasteiger partial charge in [-0.3, -0.25) is 4.79 Å². The molecule has 24 heavy (non-hydrogen) atoms. The first kappa shape index (κ1) is 18.7. The Kier molecular flexibility index (Phi) is 6.21. The number of carbonyl (C=O) groups excluding carboxylic acids is 1. The Morgan fingerprint density at radius 3 is 2.33 bits per heavy atom. The van der Waals surface area contributed by atoms with E-state index >= 15 is 0 Å². The van der Waals surface area contributed by atoms with E-state index in [9.17, 15) is 4.79 Å². The maximum absolute atomic E-state index is 12.8. The highest BCUT2D eigenvalue weighted by Gasteiger charge is 2.28. The SMILES string of the molecule is COc1cc(N[C@H](C)C(=O)N2C[C@H](C)C[C@@H](C)C2)c(OC)cc1Cl. The van der Waals surface area contributed by atoms with Gasteiger partial charge in [-0.05, 0) is 25.2 Å². The molecule has 0 unspecified atom stereocenters. The van der Waals surface area contributed by atoms with Gasteiger partial charge in [-0.2, -0.15) is 0 Å². The summed E-state index contributed by atoms with van der Waals surface area (Å²) in [6, 6.07) is 3.08. The van der Waals surface area contributed by atoms with E-state index in [0.717, 1.165) is 13.1 Å². The van der Waals surface area contributed by atoms with E-state index in [4.69, 9.17) is 21.1 Å². The lowest BCUT2D eigenvalue weighted by Crippen LogP contribution is -2.48. The Hall–Kier alpha value is -1.62. The van der Waals surface area contributed by atoms with Crippen molar-refractivity contribution in [3.05, 3.63) is 17.2 Å². The van der Waals surface area contributed by atoms with Crippen LogP contribution in [0.15, 0.2) is 12.1 Å². The topological polar surface area (TPSA) is 50.8 Å². The number of ether oxygens (including phenoxy) is 2. The zero-order valence-corrected chi connectivity index (χ0v) is 15.8. The second-order valence-corrected chi connectivity index (χ2v) is 7.15. The standard InChI is InChI=1S/C18H27ClN2O3/c1-11-6-12(2)10-21(9-11)18(22)13(3)20-15-8-16(23-4)14(19)7-17(15)24-5/h7-8,11-13,20H,6,9-10H2,1-5H3/t11-,12-,13-/m1/s1. The van der Waals surface area contributed by atoms with Gasteiger partial charge in [-0.25, -0.2) is 0 Å². The fourth-order valence-electron chi connectivity index (χ4n) is 3.38. The number of likely N-dealkylation sites (tertiary alicyclic amines) is 1. The first-order valence-electron chi connectivity index (χ1n) is 8.32. The molecular weight excluding hydrogens is 328 g/mol. The Labute approximate surface area is 149 Å². The molecule has 1 saturated heterocycles. The first-order valence-corrected chi connectivity index (χ1v) is 8.70. The van der Waals surface area contributed by atoms with Gasteiger partial charge in [-0.1, -0.05) is 25.4 Å². The zero-order chi connectivity index (χ0) is 17.9. The van der Waals surface area contributed by atoms with Crippen molar-refractivity contribution in [3.8, 4) is 11.5 Å². The van der Waals surface area contributed by atoms with Crippen LogP contribution in [0.1, 0.15) is 27.2 Å². The number of piperidine rings is 1. The summed E-state index contributed by atoms with van der Waals surface area (Å²) in [5, 5.41) is 3.71. The van der Waals surface area contributed by atoms with Gasteiger partial charge in [0, 0.05) is 25.2 Å². The highest BCUT2D eigenvalue weighted by molar-refractivity contribution is 6.32. The van der Waals surface area contributed by atoms with Crippen LogP contribution >= 0.6 is 11.6 Å². The summed E-state index contributed by atoms with van der Waals surface area (Å²) in [6.45, 7) is 7.89. The van der Waals surface area contributed by atoms with Crippen molar-refractivity contribution in [3.63, 3.8) is 0 Å². The van der Waals surface area contributed by atoms with Gasteiger partial charge >= 0.3 is 0 Å². The minimum atomic E-state index is -0.359. The lowest BCUT2D eigenvalue weighted by Gasteiger charge is -2.36. The highest BCUT2D eigenvalue weighted by atomic mass is 35.5. The lowest BCUT2D eigenvalue weighted by molar-refractivity contribution is -0.134. The molecule has 1 N–H and O–H groups in total. The number of hydrogen-bond donors (Lipinski definition) is 1. The minimum absolute atomic E-state index is 0.101. The van der Waals surface area contributed by atoms with Crippen LogP contribution in [-0.2, 0) is 4.79 Å². The quantitative estimate of drug-likeness (QED) is 0.876. The van der Waals surface area contributed by atoms with Crippen molar-refractivity contribution in [2.45, 2.75) is 33.2 Å². The van der Waals surface area contributed by atoms with Crippen LogP contribution in [0, 0.1) is 11.8 Å². The normalized spacial score (nSPS) is 22.0. The number of amides is 1. The summed E-state index contributed by atoms with van der Waals surface area (Å²) in [5.74, 6) is 2.30. The minimum Gasteiger partial charge on any atom is -0.495 e. The van der Waals surface area contributed by atoms with Crippen molar-refractivity contribution in [1.29, 1.82) is 0 Å². The number of benzene rings is 1. The number of halogens is 1. The largest absolute Gasteiger partial charge is 0.495 e. The highest BCUT2D eigenvalue weighted by Crippen LogP contribution is 2.36. The molecule has 0 bridgehead atoms. The van der Waals surface area contributed by atoms with Crippen LogP contribution in [0.4, 0.5) is 5.69 Å². The van der Waals surface area contributed by atoms with Crippen LogP contribution in [0.3, 0.4) is 0 Å². The number of methoxy groups -OCH3 is 2. The molecule has 1 amide bonds. The predicted octanol–water partition coefficient (Wildman–Crippen LogP) is 3.66. The average Bonchev–Trinajstić information content (AvgIpc) is 2.54. The monoisotopic (exact) mass is 354 g/mol. The van der Waals surface area contributed by atoms with Gasteiger partial charge in [0.25, 0.3) is 0 Å². The van der Waals surface area contributed by atoms with Gasteiger partial charge in [-0.15, -0.1) is 0 Å². The Bertz CT molecular complexity index is 584. The molecule has 0 aliphatic carbocycles. The predicted molar refractivity (Wildman–Crippen MR) is 97.2 cm³/mol. The third-order valence-corrected chi connectivity index (χ3v) is 4.69. The maximum atomic E-state index is 12.8. The molecule has 1 aliphatic rings. The van der Waals surface area contributed by atoms with Crippen molar-refractivity contribution in [1.82, 2.24) is 4.90 Å². The Balaban J connectivity index is 2.13. The average molecular weight is 355 g/mol. The zero-order valence-electron chi connectivity index (χ0n) is 15.1. The molecule has 1 aromatic carbocycles. The maximum Gasteiger partial charge on any atom is 0.244 e. The molecule has 0 radical (unpaired) electrons. The molecule has 0 saturated carbocycles. The fourth-order valence-corrected chi connectivity index (χ4v) is 3.62. The lowest BCUT2D eigenvalue weighted by atomic mass is 9.91. The van der Waals surface area contributed by atoms with Crippen molar-refractivity contribution in [2.24, 2.45) is 11.8 Å². The van der Waals surface area contributed by atoms with Crippen molar-refractivity contribution in [2.75, 3.05) is 32.6 Å². The molecule has 134 valence electrons. The van der Waals surface area contributed by atoms with E-state index in [1.54, 1.807) is 26.4 Å². The summed E-state index contributed by atoms with van der Waals surface area (Å²) in [7, 11) is 3.13. The molecule has 2 rings (SSSR count). The second-order valence-electron chi connectivity index (χ2n) is 6.74. The molecule has 1 aliphatic heterocycles. The van der Waals surface area contributed by atoms with Crippen LogP contribution in [-0.4, -0.2) is 44.2 Å². The summed E-state index contributed by atoms with van der Waals surface area (Å²) in [5.41, 5.74) is 0.692. The molecule has 6 heteroatoms. The third-order valence-electron chi connectivity index (χ3n) is 4.40. The van der Waals surface area contributed by atoms with E-state index in [2.05, 4.69) is 19.2 Å². The van der Waals surface area contributed by atoms with Crippen LogP contribution in [0.2, 0.25) is 5.02 Å². The number of nitrogens with one attached hydrogen (secondary N) is 1. The number of anilines is 1.